The van der Waals surface area contributed by atoms with Crippen LogP contribution in [0.1, 0.15) is 106 Å². The second-order valence-corrected chi connectivity index (χ2v) is 17.9. The molecule has 4 fully saturated rings. The predicted molar refractivity (Wildman–Crippen MR) is 205 cm³/mol. The zero-order chi connectivity index (χ0) is 40.2. The predicted octanol–water partition coefficient (Wildman–Crippen LogP) is 3.79. The molecule has 2 unspecified atom stereocenters. The molecular weight excluding hydrogens is 704 g/mol. The highest BCUT2D eigenvalue weighted by molar-refractivity contribution is 6.38. The lowest BCUT2D eigenvalue weighted by Gasteiger charge is -2.44. The van der Waals surface area contributed by atoms with E-state index < -0.39 is 71.3 Å². The number of piperidine rings is 1. The van der Waals surface area contributed by atoms with Crippen molar-refractivity contribution in [2.24, 2.45) is 28.6 Å². The molecule has 14 nitrogen and oxygen atoms in total. The van der Waals surface area contributed by atoms with Crippen LogP contribution in [0.15, 0.2) is 24.3 Å². The molecule has 0 bridgehead atoms. The fraction of sp³-hybridized carbons (Fsp3) is 0.732. The van der Waals surface area contributed by atoms with Crippen LogP contribution in [0, 0.1) is 28.6 Å². The third kappa shape index (κ3) is 10.5. The zero-order valence-electron chi connectivity index (χ0n) is 33.7. The van der Waals surface area contributed by atoms with E-state index >= 15 is 0 Å². The van der Waals surface area contributed by atoms with Gasteiger partial charge in [0.1, 0.15) is 18.2 Å². The number of rotatable bonds is 15. The highest BCUT2D eigenvalue weighted by Gasteiger charge is 2.48. The molecule has 0 radical (unpaired) electrons. The van der Waals surface area contributed by atoms with Crippen LogP contribution >= 0.6 is 0 Å². The lowest BCUT2D eigenvalue weighted by atomic mass is 9.70. The Kier molecular flexibility index (Phi) is 13.2. The minimum Gasteiger partial charge on any atom is -0.444 e. The molecule has 7 atom stereocenters. The average Bonchev–Trinajstić information content (AvgIpc) is 4.08. The first-order chi connectivity index (χ1) is 25.9. The molecule has 304 valence electrons. The van der Waals surface area contributed by atoms with Crippen molar-refractivity contribution >= 4 is 41.4 Å². The Balaban J connectivity index is 1.35. The maximum atomic E-state index is 14.6. The van der Waals surface area contributed by atoms with Gasteiger partial charge in [0.25, 0.3) is 5.91 Å². The molecule has 5 aliphatic rings. The lowest BCUT2D eigenvalue weighted by molar-refractivity contribution is -0.144. The first-order valence-electron chi connectivity index (χ1n) is 20.3. The van der Waals surface area contributed by atoms with Gasteiger partial charge < -0.3 is 35.8 Å². The van der Waals surface area contributed by atoms with Crippen molar-refractivity contribution < 1.29 is 38.3 Å². The van der Waals surface area contributed by atoms with E-state index in [1.165, 1.54) is 4.90 Å². The molecule has 0 aromatic heterocycles. The second-order valence-electron chi connectivity index (χ2n) is 17.9. The summed E-state index contributed by atoms with van der Waals surface area (Å²) in [6.07, 6.45) is 12.3. The molecule has 2 heterocycles. The summed E-state index contributed by atoms with van der Waals surface area (Å²) in [6.45, 7) is 14.0. The molecule has 55 heavy (non-hydrogen) atoms. The van der Waals surface area contributed by atoms with Crippen molar-refractivity contribution in [2.75, 3.05) is 19.6 Å². The summed E-state index contributed by atoms with van der Waals surface area (Å²) in [5, 5.41) is 11.1. The SMILES string of the molecule is CCCC[C@@H](NC(=O)[C@@H]1C[C@@H](OC(=O)N2CCC3(C)C=CC=CC3C2)CN1C(=O)[C@@H](NC(=O)N[C@H](C(=O)C1CC1)C(C)C)C(C)(C)C)C(=O)C(=O)NC1CC1. The second kappa shape index (κ2) is 17.3. The van der Waals surface area contributed by atoms with Crippen molar-refractivity contribution in [3.8, 4) is 0 Å². The number of likely N-dealkylation sites (tertiary alicyclic amines) is 2. The zero-order valence-corrected chi connectivity index (χ0v) is 33.7. The van der Waals surface area contributed by atoms with E-state index in [0.29, 0.717) is 19.5 Å². The van der Waals surface area contributed by atoms with Crippen LogP contribution in [0.5, 0.6) is 0 Å². The van der Waals surface area contributed by atoms with E-state index in [-0.39, 0.29) is 54.4 Å². The van der Waals surface area contributed by atoms with Crippen LogP contribution in [-0.4, -0.2) is 107 Å². The molecule has 5 rings (SSSR count). The quantitative estimate of drug-likeness (QED) is 0.182. The minimum atomic E-state index is -1.17. The Morgan fingerprint density at radius 3 is 2.27 bits per heavy atom. The van der Waals surface area contributed by atoms with Crippen LogP contribution < -0.4 is 21.3 Å². The monoisotopic (exact) mass is 766 g/mol. The Labute approximate surface area is 325 Å². The third-order valence-corrected chi connectivity index (χ3v) is 11.7. The van der Waals surface area contributed by atoms with Crippen LogP contribution in [0.4, 0.5) is 9.59 Å². The van der Waals surface area contributed by atoms with Crippen molar-refractivity contribution in [2.45, 2.75) is 143 Å². The van der Waals surface area contributed by atoms with Gasteiger partial charge in [0.05, 0.1) is 18.6 Å². The van der Waals surface area contributed by atoms with Crippen molar-refractivity contribution in [1.82, 2.24) is 31.1 Å². The van der Waals surface area contributed by atoms with Crippen LogP contribution in [0.2, 0.25) is 0 Å². The standard InChI is InChI=1S/C41H62N6O8/c1-8-9-13-29(33(49)36(51)42-27-16-17-27)43-35(50)30-21-28(55-39(54)46-20-19-41(7)18-11-10-12-26(41)22-46)23-47(30)37(52)34(40(4,5)6)45-38(53)44-31(24(2)3)32(48)25-14-15-25/h10-12,18,24-31,34H,8-9,13-17,19-23H2,1-7H3,(H,42,51)(H,43,50)(H2,44,45,53)/t26?,28-,29-,30+,31+,34-,41?/m1/s1. The van der Waals surface area contributed by atoms with Gasteiger partial charge in [-0.3, -0.25) is 24.0 Å². The number of Topliss-reactive ketones (excluding diaryl/α,β-unsaturated/α-hetero) is 2. The van der Waals surface area contributed by atoms with Crippen LogP contribution in [0.25, 0.3) is 0 Å². The maximum absolute atomic E-state index is 14.6. The number of amides is 6. The Morgan fingerprint density at radius 1 is 0.945 bits per heavy atom. The van der Waals surface area contributed by atoms with E-state index in [0.717, 1.165) is 38.5 Å². The summed E-state index contributed by atoms with van der Waals surface area (Å²) in [5.74, 6) is -2.88. The molecule has 4 N–H and O–H groups in total. The average molecular weight is 767 g/mol. The Bertz CT molecular complexity index is 1560. The Morgan fingerprint density at radius 2 is 1.65 bits per heavy atom. The van der Waals surface area contributed by atoms with E-state index in [4.69, 9.17) is 4.74 Å². The molecule has 3 aliphatic carbocycles. The number of ether oxygens (including phenoxy) is 1. The number of carbonyl (C=O) groups excluding carboxylic acids is 7. The molecule has 14 heteroatoms. The summed E-state index contributed by atoms with van der Waals surface area (Å²) in [7, 11) is 0. The topological polar surface area (TPSA) is 183 Å². The number of allylic oxidation sites excluding steroid dienone is 3. The van der Waals surface area contributed by atoms with E-state index in [2.05, 4.69) is 40.3 Å². The number of unbranched alkanes of at least 4 members (excludes halogenated alkanes) is 1. The number of hydrogen-bond donors (Lipinski definition) is 4. The highest BCUT2D eigenvalue weighted by Crippen LogP contribution is 2.41. The summed E-state index contributed by atoms with van der Waals surface area (Å²) >= 11 is 0. The molecule has 0 aromatic rings. The van der Waals surface area contributed by atoms with E-state index in [1.807, 2.05) is 32.9 Å². The number of nitrogens with one attached hydrogen (secondary N) is 4. The molecule has 0 aromatic carbocycles. The third-order valence-electron chi connectivity index (χ3n) is 11.7. The number of fused-ring (bicyclic) bond motifs is 1. The number of ketones is 2. The number of hydrogen-bond acceptors (Lipinski definition) is 8. The minimum absolute atomic E-state index is 0.0305. The van der Waals surface area contributed by atoms with E-state index in [1.54, 1.807) is 25.7 Å². The van der Waals surface area contributed by atoms with Gasteiger partial charge in [-0.15, -0.1) is 0 Å². The smallest absolute Gasteiger partial charge is 0.410 e. The van der Waals surface area contributed by atoms with Gasteiger partial charge in [0.15, 0.2) is 5.78 Å². The van der Waals surface area contributed by atoms with Gasteiger partial charge in [0, 0.05) is 37.4 Å². The van der Waals surface area contributed by atoms with Crippen LogP contribution in [0.3, 0.4) is 0 Å². The first-order valence-corrected chi connectivity index (χ1v) is 20.3. The van der Waals surface area contributed by atoms with Crippen molar-refractivity contribution in [1.29, 1.82) is 0 Å². The first kappa shape index (κ1) is 41.9. The van der Waals surface area contributed by atoms with Crippen molar-refractivity contribution in [3.05, 3.63) is 24.3 Å². The summed E-state index contributed by atoms with van der Waals surface area (Å²) in [6, 6.07) is -4.87. The Hall–Kier alpha value is -4.23. The molecule has 2 saturated carbocycles. The van der Waals surface area contributed by atoms with Crippen molar-refractivity contribution in [3.63, 3.8) is 0 Å². The van der Waals surface area contributed by atoms with Gasteiger partial charge in [-0.05, 0) is 55.3 Å². The van der Waals surface area contributed by atoms with Crippen LogP contribution in [-0.2, 0) is 28.7 Å². The van der Waals surface area contributed by atoms with Gasteiger partial charge in [0.2, 0.25) is 17.6 Å². The largest absolute Gasteiger partial charge is 0.444 e. The molecule has 2 aliphatic heterocycles. The molecule has 2 saturated heterocycles. The van der Waals surface area contributed by atoms with E-state index in [9.17, 15) is 33.6 Å². The normalized spacial score (nSPS) is 26.4. The fourth-order valence-corrected chi connectivity index (χ4v) is 7.72. The fourth-order valence-electron chi connectivity index (χ4n) is 7.72. The van der Waals surface area contributed by atoms with Gasteiger partial charge in [-0.1, -0.05) is 85.6 Å². The molecular formula is C41H62N6O8. The summed E-state index contributed by atoms with van der Waals surface area (Å²) in [5.41, 5.74) is -0.908. The molecule has 6 amide bonds. The number of urea groups is 1. The number of nitrogens with zero attached hydrogens (tertiary/aromatic N) is 2. The summed E-state index contributed by atoms with van der Waals surface area (Å²) < 4.78 is 6.01. The maximum Gasteiger partial charge on any atom is 0.410 e. The summed E-state index contributed by atoms with van der Waals surface area (Å²) in [4.78, 5) is 98.0. The van der Waals surface area contributed by atoms with Gasteiger partial charge >= 0.3 is 12.1 Å². The highest BCUT2D eigenvalue weighted by atomic mass is 16.6. The lowest BCUT2D eigenvalue weighted by Crippen LogP contribution is -2.61. The van der Waals surface area contributed by atoms with Gasteiger partial charge in [-0.25, -0.2) is 9.59 Å². The number of carbonyl (C=O) groups is 7. The molecule has 0 spiro atoms. The van der Waals surface area contributed by atoms with Gasteiger partial charge in [-0.2, -0.15) is 0 Å².